The summed E-state index contributed by atoms with van der Waals surface area (Å²) >= 11 is 0. The quantitative estimate of drug-likeness (QED) is 0.165. The van der Waals surface area contributed by atoms with Gasteiger partial charge in [-0.3, -0.25) is 4.79 Å². The normalized spacial score (nSPS) is 10.6. The van der Waals surface area contributed by atoms with Crippen LogP contribution in [0.5, 0.6) is 0 Å². The van der Waals surface area contributed by atoms with E-state index in [1.165, 1.54) is 6.33 Å². The van der Waals surface area contributed by atoms with Gasteiger partial charge in [0.2, 0.25) is 5.71 Å². The molecule has 0 spiro atoms. The number of hydrogen-bond acceptors (Lipinski definition) is 7. The Labute approximate surface area is 255 Å². The number of carbonyl (C=O) groups is 2. The molecule has 0 unspecified atom stereocenters. The number of aromatic nitrogens is 2. The van der Waals surface area contributed by atoms with Crippen LogP contribution < -0.4 is 21.3 Å². The predicted octanol–water partition coefficient (Wildman–Crippen LogP) is 5.22. The van der Waals surface area contributed by atoms with Gasteiger partial charge in [-0.1, -0.05) is 66.6 Å². The molecule has 222 valence electrons. The van der Waals surface area contributed by atoms with E-state index in [2.05, 4.69) is 43.1 Å². The molecular formula is C34H33N7O3. The summed E-state index contributed by atoms with van der Waals surface area (Å²) in [5.74, 6) is 6.45. The van der Waals surface area contributed by atoms with Crippen molar-refractivity contribution < 1.29 is 14.0 Å². The standard InChI is InChI=1S/C34H33N7O3/c1-41(2)22-21-35-29(42)18-17-28-30-32(37-23-38-33(30)44-31(28)25-9-5-3-6-10-25)36-20-19-24-13-15-27(16-14-24)40-34(43)39-26-11-7-4-8-12-26/h3-16,23H,19-22H2,1-2H3,(H,35,42)(H,36,37,38)(H2,39,40,43). The average molecular weight is 588 g/mol. The number of rotatable bonds is 10. The van der Waals surface area contributed by atoms with E-state index >= 15 is 0 Å². The van der Waals surface area contributed by atoms with Crippen molar-refractivity contribution >= 4 is 40.2 Å². The van der Waals surface area contributed by atoms with Crippen LogP contribution in [0.15, 0.2) is 95.7 Å². The summed E-state index contributed by atoms with van der Waals surface area (Å²) in [6.45, 7) is 1.77. The topological polar surface area (TPSA) is 124 Å². The fraction of sp³-hybridized carbons (Fsp3) is 0.176. The molecule has 0 aliphatic heterocycles. The number of hydrogen-bond donors (Lipinski definition) is 4. The van der Waals surface area contributed by atoms with Crippen molar-refractivity contribution in [3.05, 3.63) is 102 Å². The number of nitrogens with zero attached hydrogens (tertiary/aromatic N) is 3. The van der Waals surface area contributed by atoms with Crippen molar-refractivity contribution in [2.45, 2.75) is 6.42 Å². The second-order valence-electron chi connectivity index (χ2n) is 10.2. The number of likely N-dealkylation sites (N-methyl/N-ethyl adjacent to an activating group) is 1. The molecule has 10 nitrogen and oxygen atoms in total. The van der Waals surface area contributed by atoms with E-state index in [0.29, 0.717) is 60.0 Å². The summed E-state index contributed by atoms with van der Waals surface area (Å²) in [6, 6.07) is 26.2. The zero-order valence-corrected chi connectivity index (χ0v) is 24.6. The lowest BCUT2D eigenvalue weighted by Crippen LogP contribution is -2.30. The van der Waals surface area contributed by atoms with Crippen LogP contribution in [0.4, 0.5) is 22.0 Å². The molecule has 0 aliphatic carbocycles. The highest BCUT2D eigenvalue weighted by Crippen LogP contribution is 2.35. The molecule has 0 saturated carbocycles. The molecule has 5 rings (SSSR count). The second-order valence-corrected chi connectivity index (χ2v) is 10.2. The van der Waals surface area contributed by atoms with Gasteiger partial charge < -0.3 is 30.6 Å². The monoisotopic (exact) mass is 587 g/mol. The number of carbonyl (C=O) groups excluding carboxylic acids is 2. The summed E-state index contributed by atoms with van der Waals surface area (Å²) in [6.07, 6.45) is 2.13. The van der Waals surface area contributed by atoms with Gasteiger partial charge in [0.25, 0.3) is 5.91 Å². The van der Waals surface area contributed by atoms with Crippen LogP contribution >= 0.6 is 0 Å². The van der Waals surface area contributed by atoms with Crippen molar-refractivity contribution in [3.8, 4) is 23.2 Å². The van der Waals surface area contributed by atoms with Crippen molar-refractivity contribution in [1.29, 1.82) is 0 Å². The van der Waals surface area contributed by atoms with Gasteiger partial charge in [-0.15, -0.1) is 0 Å². The molecule has 0 saturated heterocycles. The summed E-state index contributed by atoms with van der Waals surface area (Å²) in [5.41, 5.74) is 4.22. The first-order chi connectivity index (χ1) is 21.5. The molecule has 0 bridgehead atoms. The number of nitrogens with one attached hydrogen (secondary N) is 4. The fourth-order valence-corrected chi connectivity index (χ4v) is 4.43. The first-order valence-electron chi connectivity index (χ1n) is 14.2. The van der Waals surface area contributed by atoms with E-state index in [-0.39, 0.29) is 11.9 Å². The van der Waals surface area contributed by atoms with E-state index in [0.717, 1.165) is 16.8 Å². The Hall–Kier alpha value is -5.66. The maximum Gasteiger partial charge on any atom is 0.323 e. The molecule has 5 aromatic rings. The first kappa shape index (κ1) is 29.8. The lowest BCUT2D eigenvalue weighted by Gasteiger charge is -2.09. The summed E-state index contributed by atoms with van der Waals surface area (Å²) < 4.78 is 6.15. The number of benzene rings is 3. The predicted molar refractivity (Wildman–Crippen MR) is 173 cm³/mol. The highest BCUT2D eigenvalue weighted by Gasteiger charge is 2.19. The second kappa shape index (κ2) is 14.5. The largest absolute Gasteiger partial charge is 0.436 e. The third-order valence-electron chi connectivity index (χ3n) is 6.62. The van der Waals surface area contributed by atoms with Crippen LogP contribution in [0.25, 0.3) is 22.4 Å². The minimum atomic E-state index is -0.373. The molecule has 3 aromatic carbocycles. The minimum absolute atomic E-state index is 0.307. The highest BCUT2D eigenvalue weighted by atomic mass is 16.3. The van der Waals surface area contributed by atoms with Gasteiger partial charge in [-0.25, -0.2) is 14.8 Å². The molecule has 2 aromatic heterocycles. The number of amides is 3. The Morgan fingerprint density at radius 1 is 0.841 bits per heavy atom. The summed E-state index contributed by atoms with van der Waals surface area (Å²) in [7, 11) is 3.88. The highest BCUT2D eigenvalue weighted by molar-refractivity contribution is 6.00. The Morgan fingerprint density at radius 3 is 2.23 bits per heavy atom. The van der Waals surface area contributed by atoms with Crippen LogP contribution in [0, 0.1) is 11.8 Å². The van der Waals surface area contributed by atoms with Crippen LogP contribution in [-0.2, 0) is 11.2 Å². The van der Waals surface area contributed by atoms with Crippen molar-refractivity contribution in [2.75, 3.05) is 49.7 Å². The minimum Gasteiger partial charge on any atom is -0.436 e. The van der Waals surface area contributed by atoms with Crippen LogP contribution in [-0.4, -0.2) is 60.5 Å². The molecular weight excluding hydrogens is 554 g/mol. The number of para-hydroxylation sites is 1. The Kier molecular flexibility index (Phi) is 9.82. The first-order valence-corrected chi connectivity index (χ1v) is 14.2. The van der Waals surface area contributed by atoms with Gasteiger partial charge in [0.1, 0.15) is 12.1 Å². The van der Waals surface area contributed by atoms with Gasteiger partial charge >= 0.3 is 6.03 Å². The maximum atomic E-state index is 12.5. The van der Waals surface area contributed by atoms with E-state index < -0.39 is 0 Å². The van der Waals surface area contributed by atoms with E-state index in [1.54, 1.807) is 0 Å². The molecule has 44 heavy (non-hydrogen) atoms. The Morgan fingerprint density at radius 2 is 1.52 bits per heavy atom. The molecule has 4 N–H and O–H groups in total. The van der Waals surface area contributed by atoms with Gasteiger partial charge in [0, 0.05) is 42.5 Å². The van der Waals surface area contributed by atoms with E-state index in [1.807, 2.05) is 104 Å². The van der Waals surface area contributed by atoms with Crippen LogP contribution in [0.1, 0.15) is 11.1 Å². The van der Waals surface area contributed by atoms with E-state index in [4.69, 9.17) is 4.42 Å². The number of urea groups is 1. The lowest BCUT2D eigenvalue weighted by atomic mass is 10.1. The molecule has 2 heterocycles. The zero-order valence-electron chi connectivity index (χ0n) is 24.6. The number of fused-ring (bicyclic) bond motifs is 1. The summed E-state index contributed by atoms with van der Waals surface area (Å²) in [5, 5.41) is 12.5. The number of anilines is 3. The molecule has 10 heteroatoms. The smallest absolute Gasteiger partial charge is 0.323 e. The maximum absolute atomic E-state index is 12.5. The van der Waals surface area contributed by atoms with Crippen LogP contribution in [0.2, 0.25) is 0 Å². The third-order valence-corrected chi connectivity index (χ3v) is 6.62. The summed E-state index contributed by atoms with van der Waals surface area (Å²) in [4.78, 5) is 35.6. The zero-order chi connectivity index (χ0) is 30.7. The van der Waals surface area contributed by atoms with Crippen molar-refractivity contribution in [1.82, 2.24) is 20.2 Å². The fourth-order valence-electron chi connectivity index (χ4n) is 4.43. The third kappa shape index (κ3) is 8.00. The van der Waals surface area contributed by atoms with Gasteiger partial charge in [0.05, 0.1) is 10.9 Å². The van der Waals surface area contributed by atoms with Crippen molar-refractivity contribution in [2.24, 2.45) is 0 Å². The van der Waals surface area contributed by atoms with Gasteiger partial charge in [-0.05, 0) is 50.3 Å². The Bertz CT molecular complexity index is 1770. The van der Waals surface area contributed by atoms with Gasteiger partial charge in [-0.2, -0.15) is 0 Å². The Balaban J connectivity index is 1.29. The van der Waals surface area contributed by atoms with Gasteiger partial charge in [0.15, 0.2) is 5.76 Å². The number of furan rings is 1. The molecule has 3 amide bonds. The van der Waals surface area contributed by atoms with Crippen molar-refractivity contribution in [3.63, 3.8) is 0 Å². The average Bonchev–Trinajstić information content (AvgIpc) is 3.41. The molecule has 0 aliphatic rings. The van der Waals surface area contributed by atoms with Crippen LogP contribution in [0.3, 0.4) is 0 Å². The lowest BCUT2D eigenvalue weighted by molar-refractivity contribution is -0.115. The molecule has 0 atom stereocenters. The molecule has 0 fully saturated rings. The SMILES string of the molecule is CN(C)CCNC(=O)C#Cc1c(-c2ccccc2)oc2ncnc(NCCc3ccc(NC(=O)Nc4ccccc4)cc3)c12. The van der Waals surface area contributed by atoms with E-state index in [9.17, 15) is 9.59 Å². The molecule has 0 radical (unpaired) electrons.